The zero-order valence-electron chi connectivity index (χ0n) is 14.2. The van der Waals surface area contributed by atoms with Gasteiger partial charge in [-0.05, 0) is 29.8 Å². The highest BCUT2D eigenvalue weighted by Gasteiger charge is 2.12. The molecule has 0 aliphatic carbocycles. The highest BCUT2D eigenvalue weighted by molar-refractivity contribution is 5.78. The Labute approximate surface area is 150 Å². The van der Waals surface area contributed by atoms with Crippen LogP contribution >= 0.6 is 0 Å². The Kier molecular flexibility index (Phi) is 5.58. The molecule has 26 heavy (non-hydrogen) atoms. The summed E-state index contributed by atoms with van der Waals surface area (Å²) < 4.78 is 24.2. The Morgan fingerprint density at radius 3 is 2.65 bits per heavy atom. The Bertz CT molecular complexity index is 878. The molecule has 1 heterocycles. The third-order valence-electron chi connectivity index (χ3n) is 3.76. The number of rotatable bonds is 7. The maximum absolute atomic E-state index is 13.7. The first-order valence-electron chi connectivity index (χ1n) is 8.12. The van der Waals surface area contributed by atoms with E-state index in [-0.39, 0.29) is 23.8 Å². The first-order valence-corrected chi connectivity index (χ1v) is 8.12. The minimum atomic E-state index is -0.421. The van der Waals surface area contributed by atoms with Gasteiger partial charge in [0.1, 0.15) is 11.6 Å². The molecule has 0 aliphatic heterocycles. The monoisotopic (exact) mass is 355 g/mol. The second kappa shape index (κ2) is 8.24. The lowest BCUT2D eigenvalue weighted by molar-refractivity contribution is -0.120. The van der Waals surface area contributed by atoms with Crippen molar-refractivity contribution in [2.45, 2.75) is 12.8 Å². The van der Waals surface area contributed by atoms with E-state index in [4.69, 9.17) is 9.15 Å². The second-order valence-electron chi connectivity index (χ2n) is 5.61. The number of hydrogen-bond donors (Lipinski definition) is 1. The molecule has 0 unspecified atom stereocenters. The van der Waals surface area contributed by atoms with Gasteiger partial charge < -0.3 is 14.5 Å². The number of halogens is 1. The number of hydrogen-bond acceptors (Lipinski definition) is 5. The van der Waals surface area contributed by atoms with E-state index >= 15 is 0 Å². The predicted molar refractivity (Wildman–Crippen MR) is 93.1 cm³/mol. The van der Waals surface area contributed by atoms with E-state index < -0.39 is 5.82 Å². The van der Waals surface area contributed by atoms with Crippen LogP contribution in [0, 0.1) is 5.82 Å². The van der Waals surface area contributed by atoms with E-state index in [2.05, 4.69) is 15.5 Å². The summed E-state index contributed by atoms with van der Waals surface area (Å²) in [4.78, 5) is 12.0. The highest BCUT2D eigenvalue weighted by Crippen LogP contribution is 2.20. The molecule has 0 saturated carbocycles. The van der Waals surface area contributed by atoms with Crippen molar-refractivity contribution in [3.05, 3.63) is 65.8 Å². The molecule has 2 aromatic carbocycles. The molecule has 0 bridgehead atoms. The first-order chi connectivity index (χ1) is 12.7. The van der Waals surface area contributed by atoms with Crippen molar-refractivity contribution in [2.24, 2.45) is 0 Å². The number of nitrogens with one attached hydrogen (secondary N) is 1. The van der Waals surface area contributed by atoms with Crippen molar-refractivity contribution in [3.8, 4) is 17.2 Å². The molecular formula is C19H18FN3O3. The van der Waals surface area contributed by atoms with Gasteiger partial charge in [-0.15, -0.1) is 10.2 Å². The first kappa shape index (κ1) is 17.6. The minimum Gasteiger partial charge on any atom is -0.497 e. The van der Waals surface area contributed by atoms with Gasteiger partial charge in [0.25, 0.3) is 5.89 Å². The maximum atomic E-state index is 13.7. The molecule has 0 radical (unpaired) electrons. The highest BCUT2D eigenvalue weighted by atomic mass is 19.1. The zero-order valence-corrected chi connectivity index (χ0v) is 14.2. The van der Waals surface area contributed by atoms with Gasteiger partial charge in [0, 0.05) is 13.0 Å². The molecule has 3 aromatic rings. The van der Waals surface area contributed by atoms with Crippen molar-refractivity contribution in [2.75, 3.05) is 13.7 Å². The molecule has 1 N–H and O–H groups in total. The third kappa shape index (κ3) is 4.44. The van der Waals surface area contributed by atoms with Crippen LogP contribution in [-0.2, 0) is 17.6 Å². The molecule has 6 nitrogen and oxygen atoms in total. The van der Waals surface area contributed by atoms with Crippen molar-refractivity contribution in [1.82, 2.24) is 15.5 Å². The standard InChI is InChI=1S/C19H18FN3O3/c1-25-14-8-6-13(7-9-14)12-17(24)21-11-10-18-22-23-19(26-18)15-4-2-3-5-16(15)20/h2-9H,10-12H2,1H3,(H,21,24). The van der Waals surface area contributed by atoms with Crippen LogP contribution in [0.5, 0.6) is 5.75 Å². The Balaban J connectivity index is 1.49. The van der Waals surface area contributed by atoms with Crippen molar-refractivity contribution >= 4 is 5.91 Å². The fourth-order valence-electron chi connectivity index (χ4n) is 2.40. The number of methoxy groups -OCH3 is 1. The van der Waals surface area contributed by atoms with Crippen LogP contribution in [-0.4, -0.2) is 29.8 Å². The van der Waals surface area contributed by atoms with Gasteiger partial charge in [0.15, 0.2) is 0 Å². The predicted octanol–water partition coefficient (Wildman–Crippen LogP) is 2.79. The average molecular weight is 355 g/mol. The van der Waals surface area contributed by atoms with Gasteiger partial charge in [-0.1, -0.05) is 24.3 Å². The number of carbonyl (C=O) groups excluding carboxylic acids is 1. The molecule has 0 spiro atoms. The van der Waals surface area contributed by atoms with Gasteiger partial charge in [-0.2, -0.15) is 0 Å². The average Bonchev–Trinajstić information content (AvgIpc) is 3.11. The molecule has 3 rings (SSSR count). The van der Waals surface area contributed by atoms with Crippen molar-refractivity contribution < 1.29 is 18.3 Å². The van der Waals surface area contributed by atoms with Crippen molar-refractivity contribution in [1.29, 1.82) is 0 Å². The van der Waals surface area contributed by atoms with E-state index in [1.165, 1.54) is 6.07 Å². The Morgan fingerprint density at radius 2 is 1.92 bits per heavy atom. The number of aromatic nitrogens is 2. The number of amides is 1. The topological polar surface area (TPSA) is 77.2 Å². The summed E-state index contributed by atoms with van der Waals surface area (Å²) in [6.45, 7) is 0.355. The van der Waals surface area contributed by atoms with Crippen LogP contribution in [0.2, 0.25) is 0 Å². The number of nitrogens with zero attached hydrogens (tertiary/aromatic N) is 2. The second-order valence-corrected chi connectivity index (χ2v) is 5.61. The van der Waals surface area contributed by atoms with E-state index in [9.17, 15) is 9.18 Å². The van der Waals surface area contributed by atoms with E-state index in [1.807, 2.05) is 24.3 Å². The molecule has 0 atom stereocenters. The largest absolute Gasteiger partial charge is 0.497 e. The van der Waals surface area contributed by atoms with E-state index in [1.54, 1.807) is 25.3 Å². The molecule has 134 valence electrons. The SMILES string of the molecule is COc1ccc(CC(=O)NCCc2nnc(-c3ccccc3F)o2)cc1. The summed E-state index contributed by atoms with van der Waals surface area (Å²) >= 11 is 0. The fraction of sp³-hybridized carbons (Fsp3) is 0.211. The maximum Gasteiger partial charge on any atom is 0.250 e. The van der Waals surface area contributed by atoms with Gasteiger partial charge in [0.2, 0.25) is 11.8 Å². The molecule has 0 aliphatic rings. The summed E-state index contributed by atoms with van der Waals surface area (Å²) in [5.41, 5.74) is 1.15. The van der Waals surface area contributed by atoms with E-state index in [0.717, 1.165) is 11.3 Å². The van der Waals surface area contributed by atoms with Crippen molar-refractivity contribution in [3.63, 3.8) is 0 Å². The molecule has 1 aromatic heterocycles. The lowest BCUT2D eigenvalue weighted by atomic mass is 10.1. The van der Waals surface area contributed by atoms with Crippen LogP contribution in [0.4, 0.5) is 4.39 Å². The van der Waals surface area contributed by atoms with Gasteiger partial charge in [-0.25, -0.2) is 4.39 Å². The third-order valence-corrected chi connectivity index (χ3v) is 3.76. The summed E-state index contributed by atoms with van der Waals surface area (Å²) in [6, 6.07) is 13.5. The van der Waals surface area contributed by atoms with Gasteiger partial charge >= 0.3 is 0 Å². The Morgan fingerprint density at radius 1 is 1.15 bits per heavy atom. The van der Waals surface area contributed by atoms with Crippen LogP contribution in [0.15, 0.2) is 52.9 Å². The summed E-state index contributed by atoms with van der Waals surface area (Å²) in [7, 11) is 1.59. The number of carbonyl (C=O) groups is 1. The summed E-state index contributed by atoms with van der Waals surface area (Å²) in [5.74, 6) is 0.686. The lowest BCUT2D eigenvalue weighted by Crippen LogP contribution is -2.27. The minimum absolute atomic E-state index is 0.107. The molecule has 0 saturated heterocycles. The smallest absolute Gasteiger partial charge is 0.250 e. The van der Waals surface area contributed by atoms with Crippen LogP contribution in [0.3, 0.4) is 0 Å². The summed E-state index contributed by atoms with van der Waals surface area (Å²) in [5, 5.41) is 10.5. The quantitative estimate of drug-likeness (QED) is 0.705. The van der Waals surface area contributed by atoms with E-state index in [0.29, 0.717) is 18.9 Å². The van der Waals surface area contributed by atoms with Gasteiger partial charge in [0.05, 0.1) is 19.1 Å². The number of ether oxygens (including phenoxy) is 1. The molecule has 7 heteroatoms. The van der Waals surface area contributed by atoms with Crippen LogP contribution in [0.1, 0.15) is 11.5 Å². The molecular weight excluding hydrogens is 337 g/mol. The fourth-order valence-corrected chi connectivity index (χ4v) is 2.40. The van der Waals surface area contributed by atoms with Gasteiger partial charge in [-0.3, -0.25) is 4.79 Å². The zero-order chi connectivity index (χ0) is 18.4. The summed E-state index contributed by atoms with van der Waals surface area (Å²) in [6.07, 6.45) is 0.643. The normalized spacial score (nSPS) is 10.5. The van der Waals surface area contributed by atoms with Crippen LogP contribution in [0.25, 0.3) is 11.5 Å². The molecule has 1 amide bonds. The molecule has 0 fully saturated rings. The number of benzene rings is 2. The Hall–Kier alpha value is -3.22. The van der Waals surface area contributed by atoms with Crippen LogP contribution < -0.4 is 10.1 Å². The lowest BCUT2D eigenvalue weighted by Gasteiger charge is -2.05.